The van der Waals surface area contributed by atoms with E-state index in [1.54, 1.807) is 6.92 Å². The molecule has 0 unspecified atom stereocenters. The van der Waals surface area contributed by atoms with E-state index in [9.17, 15) is 4.79 Å². The van der Waals surface area contributed by atoms with Crippen LogP contribution in [0.5, 0.6) is 0 Å². The van der Waals surface area contributed by atoms with Gasteiger partial charge in [-0.05, 0) is 18.4 Å². The highest BCUT2D eigenvalue weighted by Crippen LogP contribution is 2.07. The standard InChI is InChI=1S/C15H21NO3/c1-11(2)9-18-12(3)14(16)15(17)19-10-13-7-5-4-6-8-13/h4-8,11H,9-10,16H2,1-3H3/b14-12+. The molecule has 0 heterocycles. The summed E-state index contributed by atoms with van der Waals surface area (Å²) in [6.45, 7) is 6.45. The van der Waals surface area contributed by atoms with Crippen LogP contribution in [0, 0.1) is 5.92 Å². The molecule has 1 rings (SSSR count). The topological polar surface area (TPSA) is 61.5 Å². The number of benzene rings is 1. The Bertz CT molecular complexity index is 438. The molecule has 19 heavy (non-hydrogen) atoms. The Kier molecular flexibility index (Phi) is 5.93. The van der Waals surface area contributed by atoms with Gasteiger partial charge in [0.2, 0.25) is 0 Å². The molecule has 1 aromatic carbocycles. The van der Waals surface area contributed by atoms with Gasteiger partial charge in [-0.1, -0.05) is 44.2 Å². The van der Waals surface area contributed by atoms with Gasteiger partial charge in [0.1, 0.15) is 12.4 Å². The third kappa shape index (κ3) is 5.46. The van der Waals surface area contributed by atoms with Crippen molar-refractivity contribution in [1.82, 2.24) is 0 Å². The monoisotopic (exact) mass is 263 g/mol. The molecule has 0 aliphatic rings. The maximum absolute atomic E-state index is 11.7. The van der Waals surface area contributed by atoms with E-state index in [-0.39, 0.29) is 12.3 Å². The van der Waals surface area contributed by atoms with Gasteiger partial charge in [-0.25, -0.2) is 4.79 Å². The number of carbonyl (C=O) groups excluding carboxylic acids is 1. The number of ether oxygens (including phenoxy) is 2. The summed E-state index contributed by atoms with van der Waals surface area (Å²) >= 11 is 0. The fraction of sp³-hybridized carbons (Fsp3) is 0.400. The van der Waals surface area contributed by atoms with Crippen molar-refractivity contribution in [2.24, 2.45) is 11.7 Å². The summed E-state index contributed by atoms with van der Waals surface area (Å²) in [5, 5.41) is 0. The lowest BCUT2D eigenvalue weighted by Gasteiger charge is -2.11. The minimum atomic E-state index is -0.551. The first-order chi connectivity index (χ1) is 9.00. The number of esters is 1. The summed E-state index contributed by atoms with van der Waals surface area (Å²) < 4.78 is 10.5. The summed E-state index contributed by atoms with van der Waals surface area (Å²) in [5.74, 6) is 0.236. The SMILES string of the molecule is C/C(OCC(C)C)=C(\N)C(=O)OCc1ccccc1. The second-order valence-corrected chi connectivity index (χ2v) is 4.74. The molecule has 1 aromatic rings. The number of hydrogen-bond donors (Lipinski definition) is 1. The molecule has 4 nitrogen and oxygen atoms in total. The highest BCUT2D eigenvalue weighted by Gasteiger charge is 2.12. The third-order valence-corrected chi connectivity index (χ3v) is 2.45. The zero-order chi connectivity index (χ0) is 14.3. The largest absolute Gasteiger partial charge is 0.496 e. The summed E-state index contributed by atoms with van der Waals surface area (Å²) in [6, 6.07) is 9.45. The smallest absolute Gasteiger partial charge is 0.358 e. The average Bonchev–Trinajstić information content (AvgIpc) is 2.42. The average molecular weight is 263 g/mol. The van der Waals surface area contributed by atoms with Crippen LogP contribution in [0.1, 0.15) is 26.3 Å². The molecule has 104 valence electrons. The van der Waals surface area contributed by atoms with Crippen LogP contribution < -0.4 is 5.73 Å². The Morgan fingerprint density at radius 1 is 1.21 bits per heavy atom. The maximum Gasteiger partial charge on any atom is 0.358 e. The number of allylic oxidation sites excluding steroid dienone is 1. The Morgan fingerprint density at radius 3 is 2.42 bits per heavy atom. The van der Waals surface area contributed by atoms with Gasteiger partial charge in [-0.2, -0.15) is 0 Å². The van der Waals surface area contributed by atoms with E-state index >= 15 is 0 Å². The fourth-order valence-corrected chi connectivity index (χ4v) is 1.31. The van der Waals surface area contributed by atoms with Crippen molar-refractivity contribution < 1.29 is 14.3 Å². The van der Waals surface area contributed by atoms with Crippen LogP contribution >= 0.6 is 0 Å². The molecular formula is C15H21NO3. The van der Waals surface area contributed by atoms with Gasteiger partial charge in [0.05, 0.1) is 6.61 Å². The second kappa shape index (κ2) is 7.46. The van der Waals surface area contributed by atoms with Crippen LogP contribution in [0.25, 0.3) is 0 Å². The summed E-state index contributed by atoms with van der Waals surface area (Å²) in [5.41, 5.74) is 6.64. The Labute approximate surface area is 114 Å². The van der Waals surface area contributed by atoms with Crippen LogP contribution in [0.15, 0.2) is 41.8 Å². The van der Waals surface area contributed by atoms with Gasteiger partial charge < -0.3 is 15.2 Å². The van der Waals surface area contributed by atoms with Crippen molar-refractivity contribution in [1.29, 1.82) is 0 Å². The second-order valence-electron chi connectivity index (χ2n) is 4.74. The van der Waals surface area contributed by atoms with E-state index in [0.29, 0.717) is 18.3 Å². The summed E-state index contributed by atoms with van der Waals surface area (Å²) in [6.07, 6.45) is 0. The Balaban J connectivity index is 2.50. The van der Waals surface area contributed by atoms with Gasteiger partial charge in [-0.3, -0.25) is 0 Å². The molecule has 0 aromatic heterocycles. The summed E-state index contributed by atoms with van der Waals surface area (Å²) in [4.78, 5) is 11.7. The van der Waals surface area contributed by atoms with E-state index in [4.69, 9.17) is 15.2 Å². The van der Waals surface area contributed by atoms with Crippen molar-refractivity contribution in [2.75, 3.05) is 6.61 Å². The highest BCUT2D eigenvalue weighted by atomic mass is 16.5. The minimum Gasteiger partial charge on any atom is -0.496 e. The van der Waals surface area contributed by atoms with E-state index in [1.165, 1.54) is 0 Å². The third-order valence-electron chi connectivity index (χ3n) is 2.45. The molecular weight excluding hydrogens is 242 g/mol. The highest BCUT2D eigenvalue weighted by molar-refractivity contribution is 5.87. The van der Waals surface area contributed by atoms with Gasteiger partial charge >= 0.3 is 5.97 Å². The van der Waals surface area contributed by atoms with E-state index in [0.717, 1.165) is 5.56 Å². The maximum atomic E-state index is 11.7. The Morgan fingerprint density at radius 2 is 1.84 bits per heavy atom. The quantitative estimate of drug-likeness (QED) is 0.487. The number of rotatable bonds is 6. The van der Waals surface area contributed by atoms with Crippen LogP contribution in [0.3, 0.4) is 0 Å². The molecule has 0 aliphatic heterocycles. The molecule has 0 bridgehead atoms. The molecule has 0 fully saturated rings. The van der Waals surface area contributed by atoms with Gasteiger partial charge in [0, 0.05) is 0 Å². The summed E-state index contributed by atoms with van der Waals surface area (Å²) in [7, 11) is 0. The molecule has 0 radical (unpaired) electrons. The molecule has 0 amide bonds. The van der Waals surface area contributed by atoms with Crippen molar-refractivity contribution in [3.05, 3.63) is 47.4 Å². The lowest BCUT2D eigenvalue weighted by molar-refractivity contribution is -0.140. The molecule has 0 saturated heterocycles. The zero-order valence-electron chi connectivity index (χ0n) is 11.7. The van der Waals surface area contributed by atoms with E-state index in [1.807, 2.05) is 44.2 Å². The normalized spacial score (nSPS) is 12.0. The van der Waals surface area contributed by atoms with Crippen molar-refractivity contribution >= 4 is 5.97 Å². The Hall–Kier alpha value is -1.97. The first-order valence-electron chi connectivity index (χ1n) is 6.31. The fourth-order valence-electron chi connectivity index (χ4n) is 1.31. The first kappa shape index (κ1) is 15.1. The zero-order valence-corrected chi connectivity index (χ0v) is 11.7. The molecule has 4 heteroatoms. The van der Waals surface area contributed by atoms with Gasteiger partial charge in [0.25, 0.3) is 0 Å². The van der Waals surface area contributed by atoms with E-state index < -0.39 is 5.97 Å². The number of nitrogens with two attached hydrogens (primary N) is 1. The molecule has 0 aliphatic carbocycles. The van der Waals surface area contributed by atoms with Crippen LogP contribution in [0.4, 0.5) is 0 Å². The number of hydrogen-bond acceptors (Lipinski definition) is 4. The van der Waals surface area contributed by atoms with Gasteiger partial charge in [0.15, 0.2) is 5.70 Å². The predicted octanol–water partition coefficient (Wildman–Crippen LogP) is 2.59. The van der Waals surface area contributed by atoms with E-state index in [2.05, 4.69) is 0 Å². The molecule has 2 N–H and O–H groups in total. The van der Waals surface area contributed by atoms with Crippen LogP contribution in [0.2, 0.25) is 0 Å². The first-order valence-corrected chi connectivity index (χ1v) is 6.31. The molecule has 0 saturated carbocycles. The van der Waals surface area contributed by atoms with Crippen molar-refractivity contribution in [3.63, 3.8) is 0 Å². The van der Waals surface area contributed by atoms with Crippen LogP contribution in [-0.2, 0) is 20.9 Å². The minimum absolute atomic E-state index is 0.0246. The number of carbonyl (C=O) groups is 1. The van der Waals surface area contributed by atoms with Crippen molar-refractivity contribution in [2.45, 2.75) is 27.4 Å². The van der Waals surface area contributed by atoms with Gasteiger partial charge in [-0.15, -0.1) is 0 Å². The lowest BCUT2D eigenvalue weighted by atomic mass is 10.2. The molecule has 0 spiro atoms. The molecule has 0 atom stereocenters. The van der Waals surface area contributed by atoms with Crippen molar-refractivity contribution in [3.8, 4) is 0 Å². The lowest BCUT2D eigenvalue weighted by Crippen LogP contribution is -2.18. The predicted molar refractivity (Wildman–Crippen MR) is 73.9 cm³/mol. The van der Waals surface area contributed by atoms with Crippen LogP contribution in [-0.4, -0.2) is 12.6 Å².